The summed E-state index contributed by atoms with van der Waals surface area (Å²) in [5.41, 5.74) is 1.83. The minimum atomic E-state index is -1.34. The quantitative estimate of drug-likeness (QED) is 0.778. The highest BCUT2D eigenvalue weighted by Crippen LogP contribution is 2.27. The molecule has 2 nitrogen and oxygen atoms in total. The summed E-state index contributed by atoms with van der Waals surface area (Å²) in [6, 6.07) is 7.65. The van der Waals surface area contributed by atoms with Gasteiger partial charge in [0.15, 0.2) is 0 Å². The molecular weight excluding hydrogens is 211 g/mol. The minimum Gasteiger partial charge on any atom is -0.423 e. The van der Waals surface area contributed by atoms with Crippen molar-refractivity contribution in [3.05, 3.63) is 29.8 Å². The van der Waals surface area contributed by atoms with Gasteiger partial charge in [0.2, 0.25) is 0 Å². The number of rotatable bonds is 4. The summed E-state index contributed by atoms with van der Waals surface area (Å²) >= 11 is 0. The smallest absolute Gasteiger partial charge is 0.423 e. The van der Waals surface area contributed by atoms with E-state index in [0.717, 1.165) is 12.3 Å². The average molecular weight is 232 g/mol. The van der Waals surface area contributed by atoms with Gasteiger partial charge >= 0.3 is 7.12 Å². The lowest BCUT2D eigenvalue weighted by Gasteiger charge is -2.21. The molecule has 2 N–H and O–H groups in total. The van der Waals surface area contributed by atoms with Gasteiger partial charge < -0.3 is 10.0 Å². The Balaban J connectivity index is 1.87. The van der Waals surface area contributed by atoms with Crippen LogP contribution in [0.5, 0.6) is 0 Å². The Bertz CT molecular complexity index is 346. The fraction of sp³-hybridized carbons (Fsp3) is 0.571. The van der Waals surface area contributed by atoms with Crippen LogP contribution in [0.4, 0.5) is 0 Å². The third kappa shape index (κ3) is 3.86. The van der Waals surface area contributed by atoms with Crippen LogP contribution in [0.2, 0.25) is 0 Å². The van der Waals surface area contributed by atoms with E-state index in [9.17, 15) is 0 Å². The molecule has 0 heterocycles. The van der Waals surface area contributed by atoms with E-state index < -0.39 is 7.12 Å². The number of aryl methyl sites for hydroxylation is 1. The Morgan fingerprint density at radius 3 is 2.59 bits per heavy atom. The zero-order valence-electron chi connectivity index (χ0n) is 10.3. The molecule has 0 atom stereocenters. The molecule has 92 valence electrons. The molecule has 1 fully saturated rings. The Morgan fingerprint density at radius 2 is 1.88 bits per heavy atom. The maximum Gasteiger partial charge on any atom is 0.488 e. The molecule has 0 aromatic heterocycles. The molecule has 1 aromatic carbocycles. The zero-order valence-corrected chi connectivity index (χ0v) is 10.3. The molecular formula is C14H21BO2. The van der Waals surface area contributed by atoms with E-state index in [4.69, 9.17) is 10.0 Å². The molecule has 0 spiro atoms. The standard InChI is InChI=1S/C14H21BO2/c16-15(17)14-8-4-7-13(11-14)10-9-12-5-2-1-3-6-12/h4,7-8,11-12,16-17H,1-3,5-6,9-10H2. The van der Waals surface area contributed by atoms with Crippen LogP contribution in [0.1, 0.15) is 44.1 Å². The first-order valence-electron chi connectivity index (χ1n) is 6.70. The Labute approximate surface area is 104 Å². The van der Waals surface area contributed by atoms with Crippen LogP contribution >= 0.6 is 0 Å². The van der Waals surface area contributed by atoms with Gasteiger partial charge in [-0.3, -0.25) is 0 Å². The van der Waals surface area contributed by atoms with Crippen molar-refractivity contribution in [3.8, 4) is 0 Å². The Hall–Kier alpha value is -0.795. The predicted octanol–water partition coefficient (Wildman–Crippen LogP) is 1.88. The first-order chi connectivity index (χ1) is 8.25. The van der Waals surface area contributed by atoms with Gasteiger partial charge in [0.25, 0.3) is 0 Å². The van der Waals surface area contributed by atoms with Crippen molar-refractivity contribution in [1.82, 2.24) is 0 Å². The summed E-state index contributed by atoms with van der Waals surface area (Å²) in [6.07, 6.45) is 9.24. The molecule has 1 aliphatic rings. The summed E-state index contributed by atoms with van der Waals surface area (Å²) in [5.74, 6) is 0.881. The van der Waals surface area contributed by atoms with Crippen molar-refractivity contribution in [2.45, 2.75) is 44.9 Å². The fourth-order valence-corrected chi connectivity index (χ4v) is 2.76. The lowest BCUT2D eigenvalue weighted by atomic mass is 9.79. The van der Waals surface area contributed by atoms with Crippen molar-refractivity contribution < 1.29 is 10.0 Å². The van der Waals surface area contributed by atoms with E-state index in [2.05, 4.69) is 6.07 Å². The highest BCUT2D eigenvalue weighted by Gasteiger charge is 2.14. The van der Waals surface area contributed by atoms with Gasteiger partial charge in [0.1, 0.15) is 0 Å². The molecule has 0 radical (unpaired) electrons. The van der Waals surface area contributed by atoms with E-state index in [0.29, 0.717) is 5.46 Å². The zero-order chi connectivity index (χ0) is 12.1. The summed E-state index contributed by atoms with van der Waals surface area (Å²) < 4.78 is 0. The molecule has 0 bridgehead atoms. The second kappa shape index (κ2) is 6.22. The van der Waals surface area contributed by atoms with E-state index in [1.807, 2.05) is 12.1 Å². The fourth-order valence-electron chi connectivity index (χ4n) is 2.76. The molecule has 0 saturated heterocycles. The summed E-state index contributed by atoms with van der Waals surface area (Å²) in [5, 5.41) is 18.2. The Kier molecular flexibility index (Phi) is 4.63. The Morgan fingerprint density at radius 1 is 1.12 bits per heavy atom. The highest BCUT2D eigenvalue weighted by atomic mass is 16.4. The normalized spacial score (nSPS) is 17.1. The van der Waals surface area contributed by atoms with Gasteiger partial charge in [-0.15, -0.1) is 0 Å². The monoisotopic (exact) mass is 232 g/mol. The van der Waals surface area contributed by atoms with Crippen LogP contribution < -0.4 is 5.46 Å². The second-order valence-corrected chi connectivity index (χ2v) is 5.16. The van der Waals surface area contributed by atoms with Gasteiger partial charge in [-0.25, -0.2) is 0 Å². The molecule has 1 aliphatic carbocycles. The third-order valence-electron chi connectivity index (χ3n) is 3.82. The number of hydrogen-bond acceptors (Lipinski definition) is 2. The van der Waals surface area contributed by atoms with Crippen LogP contribution in [0.15, 0.2) is 24.3 Å². The van der Waals surface area contributed by atoms with Crippen molar-refractivity contribution in [2.75, 3.05) is 0 Å². The van der Waals surface area contributed by atoms with Gasteiger partial charge in [-0.2, -0.15) is 0 Å². The van der Waals surface area contributed by atoms with Gasteiger partial charge in [0.05, 0.1) is 0 Å². The van der Waals surface area contributed by atoms with Crippen LogP contribution in [-0.4, -0.2) is 17.2 Å². The van der Waals surface area contributed by atoms with E-state index in [-0.39, 0.29) is 0 Å². The second-order valence-electron chi connectivity index (χ2n) is 5.16. The van der Waals surface area contributed by atoms with Crippen molar-refractivity contribution in [3.63, 3.8) is 0 Å². The first-order valence-corrected chi connectivity index (χ1v) is 6.70. The molecule has 17 heavy (non-hydrogen) atoms. The van der Waals surface area contributed by atoms with Crippen molar-refractivity contribution >= 4 is 12.6 Å². The summed E-state index contributed by atoms with van der Waals surface area (Å²) in [4.78, 5) is 0. The molecule has 1 aromatic rings. The van der Waals surface area contributed by atoms with E-state index in [1.165, 1.54) is 44.1 Å². The molecule has 2 rings (SSSR count). The molecule has 0 aliphatic heterocycles. The first kappa shape index (κ1) is 12.7. The topological polar surface area (TPSA) is 40.5 Å². The van der Waals surface area contributed by atoms with Crippen LogP contribution in [-0.2, 0) is 6.42 Å². The lowest BCUT2D eigenvalue weighted by molar-refractivity contribution is 0.339. The van der Waals surface area contributed by atoms with Crippen LogP contribution in [0.25, 0.3) is 0 Å². The van der Waals surface area contributed by atoms with Crippen LogP contribution in [0.3, 0.4) is 0 Å². The van der Waals surface area contributed by atoms with Crippen LogP contribution in [0, 0.1) is 5.92 Å². The number of hydrogen-bond donors (Lipinski definition) is 2. The van der Waals surface area contributed by atoms with Crippen molar-refractivity contribution in [2.24, 2.45) is 5.92 Å². The average Bonchev–Trinajstić information content (AvgIpc) is 2.38. The van der Waals surface area contributed by atoms with Crippen molar-refractivity contribution in [1.29, 1.82) is 0 Å². The van der Waals surface area contributed by atoms with E-state index in [1.54, 1.807) is 6.07 Å². The predicted molar refractivity (Wildman–Crippen MR) is 71.2 cm³/mol. The summed E-state index contributed by atoms with van der Waals surface area (Å²) in [7, 11) is -1.34. The maximum atomic E-state index is 9.12. The van der Waals surface area contributed by atoms with Gasteiger partial charge in [0, 0.05) is 0 Å². The SMILES string of the molecule is OB(O)c1cccc(CCC2CCCCC2)c1. The highest BCUT2D eigenvalue weighted by molar-refractivity contribution is 6.58. The molecule has 0 amide bonds. The summed E-state index contributed by atoms with van der Waals surface area (Å²) in [6.45, 7) is 0. The lowest BCUT2D eigenvalue weighted by Crippen LogP contribution is -2.29. The molecule has 3 heteroatoms. The third-order valence-corrected chi connectivity index (χ3v) is 3.82. The largest absolute Gasteiger partial charge is 0.488 e. The van der Waals surface area contributed by atoms with Gasteiger partial charge in [-0.1, -0.05) is 56.4 Å². The molecule has 1 saturated carbocycles. The van der Waals surface area contributed by atoms with E-state index >= 15 is 0 Å². The maximum absolute atomic E-state index is 9.12. The van der Waals surface area contributed by atoms with Gasteiger partial charge in [-0.05, 0) is 29.8 Å². The minimum absolute atomic E-state index is 0.603. The molecule has 0 unspecified atom stereocenters. The number of benzene rings is 1.